The molecule has 1 amide bonds. The topological polar surface area (TPSA) is 76.4 Å². The first-order valence-electron chi connectivity index (χ1n) is 12.6. The number of piperazine rings is 1. The number of allylic oxidation sites excluding steroid dienone is 1. The Morgan fingerprint density at radius 1 is 1.20 bits per heavy atom. The van der Waals surface area contributed by atoms with E-state index in [0.717, 1.165) is 56.1 Å². The van der Waals surface area contributed by atoms with E-state index in [1.807, 2.05) is 0 Å². The van der Waals surface area contributed by atoms with Gasteiger partial charge in [0.2, 0.25) is 5.91 Å². The summed E-state index contributed by atoms with van der Waals surface area (Å²) in [6, 6.07) is 10.8. The summed E-state index contributed by atoms with van der Waals surface area (Å²) in [5, 5.41) is 9.38. The van der Waals surface area contributed by atoms with Crippen molar-refractivity contribution in [3.05, 3.63) is 71.2 Å². The Kier molecular flexibility index (Phi) is 6.54. The van der Waals surface area contributed by atoms with Crippen LogP contribution in [0.3, 0.4) is 0 Å². The molecule has 5 rings (SSSR count). The number of amides is 1. The van der Waals surface area contributed by atoms with Gasteiger partial charge in [0.1, 0.15) is 11.6 Å². The van der Waals surface area contributed by atoms with E-state index < -0.39 is 0 Å². The van der Waals surface area contributed by atoms with E-state index in [2.05, 4.69) is 59.7 Å². The Morgan fingerprint density at radius 2 is 2.06 bits per heavy atom. The molecular weight excluding hydrogens is 436 g/mol. The van der Waals surface area contributed by atoms with Crippen LogP contribution in [-0.2, 0) is 30.6 Å². The number of rotatable bonds is 5. The minimum absolute atomic E-state index is 0.111. The lowest BCUT2D eigenvalue weighted by Gasteiger charge is -2.42. The molecular formula is C28H32N6O. The monoisotopic (exact) mass is 468 g/mol. The summed E-state index contributed by atoms with van der Waals surface area (Å²) in [6.07, 6.45) is 7.82. The highest BCUT2D eigenvalue weighted by atomic mass is 16.2. The summed E-state index contributed by atoms with van der Waals surface area (Å²) < 4.78 is 0. The number of carbonyl (C=O) groups is 1. The minimum Gasteiger partial charge on any atom is -0.365 e. The van der Waals surface area contributed by atoms with Crippen molar-refractivity contribution < 1.29 is 4.79 Å². The van der Waals surface area contributed by atoms with Crippen LogP contribution in [0.2, 0.25) is 0 Å². The molecule has 0 radical (unpaired) electrons. The summed E-state index contributed by atoms with van der Waals surface area (Å²) in [7, 11) is 0. The molecule has 1 aromatic carbocycles. The Morgan fingerprint density at radius 3 is 2.86 bits per heavy atom. The van der Waals surface area contributed by atoms with Gasteiger partial charge in [0.25, 0.3) is 0 Å². The van der Waals surface area contributed by atoms with Crippen LogP contribution in [0.5, 0.6) is 0 Å². The molecule has 0 N–H and O–H groups in total. The molecule has 2 aliphatic heterocycles. The lowest BCUT2D eigenvalue weighted by Crippen LogP contribution is -2.55. The molecule has 7 nitrogen and oxygen atoms in total. The zero-order valence-corrected chi connectivity index (χ0v) is 20.4. The van der Waals surface area contributed by atoms with Gasteiger partial charge in [-0.15, -0.1) is 0 Å². The van der Waals surface area contributed by atoms with E-state index in [1.165, 1.54) is 28.5 Å². The van der Waals surface area contributed by atoms with Gasteiger partial charge in [-0.2, -0.15) is 5.26 Å². The highest BCUT2D eigenvalue weighted by molar-refractivity contribution is 5.87. The molecule has 1 unspecified atom stereocenters. The summed E-state index contributed by atoms with van der Waals surface area (Å²) in [5.74, 6) is 1.72. The third-order valence-corrected chi connectivity index (χ3v) is 7.36. The Balaban J connectivity index is 1.44. The first-order valence-corrected chi connectivity index (χ1v) is 12.6. The van der Waals surface area contributed by atoms with Gasteiger partial charge < -0.3 is 14.7 Å². The minimum atomic E-state index is -0.168. The normalized spacial score (nSPS) is 19.4. The number of anilines is 1. The van der Waals surface area contributed by atoms with Gasteiger partial charge in [0.05, 0.1) is 30.8 Å². The van der Waals surface area contributed by atoms with E-state index in [-0.39, 0.29) is 11.9 Å². The first-order chi connectivity index (χ1) is 17.1. The Bertz CT molecular complexity index is 1210. The van der Waals surface area contributed by atoms with Gasteiger partial charge in [0.15, 0.2) is 0 Å². The molecule has 1 atom stereocenters. The molecule has 1 saturated heterocycles. The van der Waals surface area contributed by atoms with Crippen LogP contribution < -0.4 is 4.90 Å². The van der Waals surface area contributed by atoms with Crippen molar-refractivity contribution in [3.63, 3.8) is 0 Å². The predicted octanol–water partition coefficient (Wildman–Crippen LogP) is 3.50. The van der Waals surface area contributed by atoms with Crippen molar-refractivity contribution in [2.45, 2.75) is 51.6 Å². The number of hydrogen-bond donors (Lipinski definition) is 0. The smallest absolute Gasteiger partial charge is 0.246 e. The first kappa shape index (κ1) is 23.1. The third kappa shape index (κ3) is 4.41. The maximum absolute atomic E-state index is 12.3. The molecule has 0 bridgehead atoms. The number of nitrogens with zero attached hydrogens (tertiary/aromatic N) is 6. The summed E-state index contributed by atoms with van der Waals surface area (Å²) >= 11 is 0. The quantitative estimate of drug-likeness (QED) is 0.625. The molecule has 7 heteroatoms. The van der Waals surface area contributed by atoms with Gasteiger partial charge >= 0.3 is 0 Å². The second-order valence-corrected chi connectivity index (χ2v) is 9.40. The lowest BCUT2D eigenvalue weighted by molar-refractivity contribution is -0.128. The largest absolute Gasteiger partial charge is 0.365 e. The van der Waals surface area contributed by atoms with Crippen LogP contribution in [0.1, 0.15) is 48.0 Å². The zero-order chi connectivity index (χ0) is 24.4. The SMILES string of the molecule is C=CC(=O)N1CCN(c2nc(CC)nc3c2CCN(C2=CCCc4ccccc42)C3)CC1CC#N. The summed E-state index contributed by atoms with van der Waals surface area (Å²) in [4.78, 5) is 28.8. The van der Waals surface area contributed by atoms with Crippen LogP contribution in [0, 0.1) is 11.3 Å². The van der Waals surface area contributed by atoms with Crippen LogP contribution in [0.25, 0.3) is 5.70 Å². The molecule has 35 heavy (non-hydrogen) atoms. The Labute approximate surface area is 207 Å². The zero-order valence-electron chi connectivity index (χ0n) is 20.4. The fraction of sp³-hybridized carbons (Fsp3) is 0.429. The molecule has 0 saturated carbocycles. The van der Waals surface area contributed by atoms with Crippen molar-refractivity contribution in [1.29, 1.82) is 5.26 Å². The lowest BCUT2D eigenvalue weighted by atomic mass is 9.92. The second kappa shape index (κ2) is 9.91. The van der Waals surface area contributed by atoms with Crippen molar-refractivity contribution in [2.75, 3.05) is 31.1 Å². The molecule has 3 heterocycles. The fourth-order valence-electron chi connectivity index (χ4n) is 5.58. The molecule has 1 fully saturated rings. The number of nitriles is 1. The number of hydrogen-bond acceptors (Lipinski definition) is 6. The van der Waals surface area contributed by atoms with Crippen LogP contribution >= 0.6 is 0 Å². The van der Waals surface area contributed by atoms with Gasteiger partial charge in [-0.1, -0.05) is 43.8 Å². The van der Waals surface area contributed by atoms with Gasteiger partial charge in [-0.3, -0.25) is 4.79 Å². The van der Waals surface area contributed by atoms with Crippen molar-refractivity contribution in [1.82, 2.24) is 19.8 Å². The number of carbonyl (C=O) groups excluding carboxylic acids is 1. The maximum atomic E-state index is 12.3. The second-order valence-electron chi connectivity index (χ2n) is 9.40. The van der Waals surface area contributed by atoms with Crippen LogP contribution in [0.4, 0.5) is 5.82 Å². The van der Waals surface area contributed by atoms with Crippen molar-refractivity contribution in [2.24, 2.45) is 0 Å². The van der Waals surface area contributed by atoms with Crippen LogP contribution in [-0.4, -0.2) is 57.9 Å². The number of fused-ring (bicyclic) bond motifs is 2. The predicted molar refractivity (Wildman–Crippen MR) is 136 cm³/mol. The van der Waals surface area contributed by atoms with E-state index in [1.54, 1.807) is 4.90 Å². The van der Waals surface area contributed by atoms with E-state index in [9.17, 15) is 10.1 Å². The summed E-state index contributed by atoms with van der Waals surface area (Å²) in [6.45, 7) is 9.27. The van der Waals surface area contributed by atoms with Gasteiger partial charge in [-0.25, -0.2) is 9.97 Å². The molecule has 180 valence electrons. The summed E-state index contributed by atoms with van der Waals surface area (Å²) in [5.41, 5.74) is 6.39. The number of benzene rings is 1. The average Bonchev–Trinajstić information content (AvgIpc) is 2.91. The highest BCUT2D eigenvalue weighted by Gasteiger charge is 2.33. The van der Waals surface area contributed by atoms with Gasteiger partial charge in [-0.05, 0) is 30.9 Å². The van der Waals surface area contributed by atoms with Crippen molar-refractivity contribution >= 4 is 17.4 Å². The molecule has 2 aromatic rings. The standard InChI is InChI=1S/C28H32N6O/c1-3-26-30-24-19-32(25-11-7-9-20-8-5-6-10-22(20)25)15-13-23(24)28(31-26)33-16-17-34(27(35)4-2)21(18-33)12-14-29/h4-6,8,10-11,21H,2-3,7,9,12-13,15-19H2,1H3. The van der Waals surface area contributed by atoms with E-state index >= 15 is 0 Å². The third-order valence-electron chi connectivity index (χ3n) is 7.36. The fourth-order valence-corrected chi connectivity index (χ4v) is 5.58. The highest BCUT2D eigenvalue weighted by Crippen LogP contribution is 2.35. The molecule has 1 aromatic heterocycles. The van der Waals surface area contributed by atoms with E-state index in [0.29, 0.717) is 26.1 Å². The molecule has 1 aliphatic carbocycles. The maximum Gasteiger partial charge on any atom is 0.246 e. The molecule has 3 aliphatic rings. The average molecular weight is 469 g/mol. The number of aromatic nitrogens is 2. The van der Waals surface area contributed by atoms with Gasteiger partial charge in [0, 0.05) is 49.4 Å². The molecule has 0 spiro atoms. The van der Waals surface area contributed by atoms with Crippen LogP contribution in [0.15, 0.2) is 43.0 Å². The number of aryl methyl sites for hydroxylation is 2. The van der Waals surface area contributed by atoms with E-state index in [4.69, 9.17) is 9.97 Å². The Hall–Kier alpha value is -3.66. The van der Waals surface area contributed by atoms with Crippen molar-refractivity contribution in [3.8, 4) is 6.07 Å².